The van der Waals surface area contributed by atoms with E-state index < -0.39 is 5.97 Å². The third kappa shape index (κ3) is 1.38. The molecule has 0 unspecified atom stereocenters. The summed E-state index contributed by atoms with van der Waals surface area (Å²) in [6, 6.07) is 0. The molecular weight excluding hydrogens is 276 g/mol. The van der Waals surface area contributed by atoms with Crippen LogP contribution in [-0.2, 0) is 6.42 Å². The second-order valence-electron chi connectivity index (χ2n) is 4.48. The van der Waals surface area contributed by atoms with Crippen molar-refractivity contribution in [1.82, 2.24) is 0 Å². The zero-order valence-corrected chi connectivity index (χ0v) is 10.5. The van der Waals surface area contributed by atoms with Crippen LogP contribution in [0.1, 0.15) is 46.0 Å². The van der Waals surface area contributed by atoms with E-state index in [2.05, 4.69) is 15.9 Å². The van der Waals surface area contributed by atoms with Crippen molar-refractivity contribution in [2.24, 2.45) is 5.92 Å². The fraction of sp³-hybridized carbons (Fsp3) is 0.545. The number of halogens is 1. The predicted octanol–water partition coefficient (Wildman–Crippen LogP) is 3.65. The Balaban J connectivity index is 2.17. The molecule has 0 saturated heterocycles. The first-order valence-electron chi connectivity index (χ1n) is 5.21. The Morgan fingerprint density at radius 2 is 2.27 bits per heavy atom. The number of carboxylic acids is 1. The molecule has 0 radical (unpaired) electrons. The molecule has 4 heteroatoms. The van der Waals surface area contributed by atoms with Gasteiger partial charge in [0, 0.05) is 4.88 Å². The fourth-order valence-electron chi connectivity index (χ4n) is 2.98. The van der Waals surface area contributed by atoms with Crippen LogP contribution in [0.3, 0.4) is 0 Å². The first-order chi connectivity index (χ1) is 7.16. The molecule has 0 amide bonds. The van der Waals surface area contributed by atoms with E-state index in [1.165, 1.54) is 24.1 Å². The number of rotatable bonds is 1. The lowest BCUT2D eigenvalue weighted by atomic mass is 9.87. The molecule has 1 fully saturated rings. The molecule has 1 N–H and O–H groups in total. The first-order valence-corrected chi connectivity index (χ1v) is 6.82. The molecule has 0 aliphatic heterocycles. The molecule has 1 aromatic rings. The minimum atomic E-state index is -0.777. The van der Waals surface area contributed by atoms with Crippen LogP contribution in [0, 0.1) is 5.92 Å². The van der Waals surface area contributed by atoms with E-state index in [1.807, 2.05) is 0 Å². The van der Waals surface area contributed by atoms with Gasteiger partial charge in [-0.05, 0) is 59.0 Å². The Morgan fingerprint density at radius 3 is 3.00 bits per heavy atom. The van der Waals surface area contributed by atoms with Gasteiger partial charge >= 0.3 is 5.97 Å². The van der Waals surface area contributed by atoms with Gasteiger partial charge in [0.15, 0.2) is 0 Å². The normalized spacial score (nSPS) is 27.8. The highest BCUT2D eigenvalue weighted by Gasteiger charge is 2.37. The van der Waals surface area contributed by atoms with E-state index >= 15 is 0 Å². The maximum absolute atomic E-state index is 11.2. The monoisotopic (exact) mass is 286 g/mol. The average molecular weight is 287 g/mol. The van der Waals surface area contributed by atoms with Gasteiger partial charge in [0.2, 0.25) is 0 Å². The molecule has 1 aromatic heterocycles. The molecule has 1 heterocycles. The third-order valence-electron chi connectivity index (χ3n) is 3.61. The minimum absolute atomic E-state index is 0.534. The van der Waals surface area contributed by atoms with Gasteiger partial charge in [0.05, 0.1) is 9.35 Å². The van der Waals surface area contributed by atoms with E-state index in [0.29, 0.717) is 11.5 Å². The number of aromatic carboxylic acids is 1. The number of carboxylic acid groups (broad SMARTS) is 1. The predicted molar refractivity (Wildman–Crippen MR) is 62.8 cm³/mol. The van der Waals surface area contributed by atoms with Crippen molar-refractivity contribution in [3.63, 3.8) is 0 Å². The number of fused-ring (bicyclic) bond motifs is 4. The van der Waals surface area contributed by atoms with Crippen molar-refractivity contribution in [3.05, 3.63) is 19.8 Å². The lowest BCUT2D eigenvalue weighted by molar-refractivity contribution is 0.0695. The molecule has 15 heavy (non-hydrogen) atoms. The van der Waals surface area contributed by atoms with Gasteiger partial charge in [-0.3, -0.25) is 0 Å². The summed E-state index contributed by atoms with van der Waals surface area (Å²) >= 11 is 5.03. The zero-order valence-electron chi connectivity index (χ0n) is 8.12. The Morgan fingerprint density at radius 1 is 1.47 bits per heavy atom. The zero-order chi connectivity index (χ0) is 10.6. The standard InChI is InChI=1S/C11H11BrO2S/c12-10-8(11(13)14)7-4-5-1-2-6(3-5)9(7)15-10/h5-6H,1-4H2,(H,13,14)/t5-,6+/m1/s1. The highest BCUT2D eigenvalue weighted by atomic mass is 79.9. The third-order valence-corrected chi connectivity index (χ3v) is 5.68. The molecule has 1 saturated carbocycles. The van der Waals surface area contributed by atoms with Crippen molar-refractivity contribution < 1.29 is 9.90 Å². The Labute approximate surface area is 100 Å². The Kier molecular flexibility index (Phi) is 2.18. The maximum Gasteiger partial charge on any atom is 0.338 e. The molecule has 0 aromatic carbocycles. The second-order valence-corrected chi connectivity index (χ2v) is 6.85. The molecular formula is C11H11BrO2S. The Bertz CT molecular complexity index is 438. The fourth-order valence-corrected chi connectivity index (χ4v) is 5.11. The lowest BCUT2D eigenvalue weighted by Crippen LogP contribution is -2.11. The molecule has 80 valence electrons. The van der Waals surface area contributed by atoms with Crippen LogP contribution in [-0.4, -0.2) is 11.1 Å². The molecule has 2 bridgehead atoms. The maximum atomic E-state index is 11.2. The summed E-state index contributed by atoms with van der Waals surface area (Å²) in [7, 11) is 0. The number of hydrogen-bond acceptors (Lipinski definition) is 2. The summed E-state index contributed by atoms with van der Waals surface area (Å²) < 4.78 is 0.813. The number of thiophene rings is 1. The summed E-state index contributed by atoms with van der Waals surface area (Å²) in [6.45, 7) is 0. The van der Waals surface area contributed by atoms with Crippen LogP contribution >= 0.6 is 27.3 Å². The Hall–Kier alpha value is -0.350. The van der Waals surface area contributed by atoms with Gasteiger partial charge in [0.25, 0.3) is 0 Å². The van der Waals surface area contributed by atoms with Crippen molar-refractivity contribution >= 4 is 33.2 Å². The molecule has 0 spiro atoms. The van der Waals surface area contributed by atoms with Gasteiger partial charge in [-0.1, -0.05) is 0 Å². The lowest BCUT2D eigenvalue weighted by Gasteiger charge is -2.19. The van der Waals surface area contributed by atoms with Gasteiger partial charge in [0.1, 0.15) is 0 Å². The largest absolute Gasteiger partial charge is 0.478 e. The minimum Gasteiger partial charge on any atom is -0.478 e. The van der Waals surface area contributed by atoms with E-state index in [0.717, 1.165) is 21.7 Å². The number of hydrogen-bond donors (Lipinski definition) is 1. The summed E-state index contributed by atoms with van der Waals surface area (Å²) in [5.41, 5.74) is 1.66. The van der Waals surface area contributed by atoms with Crippen LogP contribution in [0.2, 0.25) is 0 Å². The van der Waals surface area contributed by atoms with Crippen LogP contribution in [0.25, 0.3) is 0 Å². The number of carbonyl (C=O) groups is 1. The van der Waals surface area contributed by atoms with E-state index in [4.69, 9.17) is 0 Å². The van der Waals surface area contributed by atoms with Crippen LogP contribution in [0.4, 0.5) is 0 Å². The molecule has 3 rings (SSSR count). The summed E-state index contributed by atoms with van der Waals surface area (Å²) in [5.74, 6) is 0.607. The second kappa shape index (κ2) is 3.32. The first kappa shape index (κ1) is 9.85. The van der Waals surface area contributed by atoms with Crippen LogP contribution in [0.15, 0.2) is 3.79 Å². The van der Waals surface area contributed by atoms with Crippen molar-refractivity contribution in [2.45, 2.75) is 31.6 Å². The molecule has 2 aliphatic carbocycles. The van der Waals surface area contributed by atoms with Gasteiger partial charge in [-0.15, -0.1) is 11.3 Å². The summed E-state index contributed by atoms with van der Waals surface area (Å²) in [4.78, 5) is 12.5. The van der Waals surface area contributed by atoms with Crippen LogP contribution < -0.4 is 0 Å². The highest BCUT2D eigenvalue weighted by molar-refractivity contribution is 9.11. The van der Waals surface area contributed by atoms with Crippen molar-refractivity contribution in [2.75, 3.05) is 0 Å². The van der Waals surface area contributed by atoms with Gasteiger partial charge < -0.3 is 5.11 Å². The van der Waals surface area contributed by atoms with Crippen molar-refractivity contribution in [3.8, 4) is 0 Å². The van der Waals surface area contributed by atoms with Gasteiger partial charge in [-0.25, -0.2) is 4.79 Å². The topological polar surface area (TPSA) is 37.3 Å². The average Bonchev–Trinajstić information content (AvgIpc) is 2.69. The van der Waals surface area contributed by atoms with E-state index in [1.54, 1.807) is 11.3 Å². The molecule has 2 aliphatic rings. The highest BCUT2D eigenvalue weighted by Crippen LogP contribution is 2.51. The van der Waals surface area contributed by atoms with Gasteiger partial charge in [-0.2, -0.15) is 0 Å². The quantitative estimate of drug-likeness (QED) is 0.856. The van der Waals surface area contributed by atoms with E-state index in [9.17, 15) is 9.90 Å². The van der Waals surface area contributed by atoms with Crippen LogP contribution in [0.5, 0.6) is 0 Å². The smallest absolute Gasteiger partial charge is 0.338 e. The SMILES string of the molecule is O=C(O)c1c(Br)sc2c1C[C@@H]1CC[C@H]2C1. The summed E-state index contributed by atoms with van der Waals surface area (Å²) in [5, 5.41) is 9.18. The molecule has 2 nitrogen and oxygen atoms in total. The summed E-state index contributed by atoms with van der Waals surface area (Å²) in [6.07, 6.45) is 4.79. The van der Waals surface area contributed by atoms with Crippen molar-refractivity contribution in [1.29, 1.82) is 0 Å². The van der Waals surface area contributed by atoms with E-state index in [-0.39, 0.29) is 0 Å². The molecule has 2 atom stereocenters.